The number of rotatable bonds is 2. The van der Waals surface area contributed by atoms with Gasteiger partial charge in [-0.25, -0.2) is 0 Å². The average molecular weight is 183 g/mol. The Hall–Kier alpha value is 0.580. The maximum Gasteiger partial charge on any atom is 0.0547 e. The van der Waals surface area contributed by atoms with Crippen molar-refractivity contribution < 1.29 is 0 Å². The van der Waals surface area contributed by atoms with Crippen molar-refractivity contribution in [3.8, 4) is 0 Å². The predicted molar refractivity (Wildman–Crippen MR) is 49.0 cm³/mol. The number of hydrogen-bond acceptors (Lipinski definition) is 0. The van der Waals surface area contributed by atoms with Crippen LogP contribution in [0.25, 0.3) is 0 Å². The van der Waals surface area contributed by atoms with Crippen molar-refractivity contribution in [2.24, 2.45) is 5.41 Å². The third-order valence-electron chi connectivity index (χ3n) is 1.53. The quantitative estimate of drug-likeness (QED) is 0.573. The Morgan fingerprint density at radius 1 is 1.20 bits per heavy atom. The van der Waals surface area contributed by atoms with E-state index in [-0.39, 0.29) is 16.2 Å². The standard InChI is InChI=1S/C8H16Cl2/c1-5-6(9)7(10)8(2,3)4/h6-7H,5H2,1-4H3. The summed E-state index contributed by atoms with van der Waals surface area (Å²) in [6.07, 6.45) is 0.937. The van der Waals surface area contributed by atoms with E-state index in [4.69, 9.17) is 23.2 Å². The van der Waals surface area contributed by atoms with Gasteiger partial charge in [0.05, 0.1) is 10.8 Å². The molecule has 0 fully saturated rings. The molecule has 2 heteroatoms. The Morgan fingerprint density at radius 3 is 1.70 bits per heavy atom. The molecule has 0 N–H and O–H groups in total. The molecule has 0 saturated carbocycles. The molecule has 0 aromatic heterocycles. The van der Waals surface area contributed by atoms with Crippen molar-refractivity contribution in [1.82, 2.24) is 0 Å². The number of alkyl halides is 2. The molecule has 0 aliphatic carbocycles. The Bertz CT molecular complexity index is 93.9. The molecule has 62 valence electrons. The Labute approximate surface area is 73.9 Å². The van der Waals surface area contributed by atoms with Crippen LogP contribution in [-0.2, 0) is 0 Å². The van der Waals surface area contributed by atoms with Crippen molar-refractivity contribution in [3.63, 3.8) is 0 Å². The molecule has 0 aliphatic rings. The summed E-state index contributed by atoms with van der Waals surface area (Å²) in [5, 5.41) is 0.167. The van der Waals surface area contributed by atoms with Gasteiger partial charge in [-0.05, 0) is 11.8 Å². The van der Waals surface area contributed by atoms with E-state index in [9.17, 15) is 0 Å². The zero-order chi connectivity index (χ0) is 8.36. The first-order valence-corrected chi connectivity index (χ1v) is 4.55. The van der Waals surface area contributed by atoms with E-state index in [1.54, 1.807) is 0 Å². The van der Waals surface area contributed by atoms with E-state index >= 15 is 0 Å². The van der Waals surface area contributed by atoms with Gasteiger partial charge < -0.3 is 0 Å². The summed E-state index contributed by atoms with van der Waals surface area (Å²) in [4.78, 5) is 0. The Kier molecular flexibility index (Phi) is 4.05. The summed E-state index contributed by atoms with van der Waals surface area (Å²) < 4.78 is 0. The van der Waals surface area contributed by atoms with Crippen LogP contribution in [0.5, 0.6) is 0 Å². The molecule has 10 heavy (non-hydrogen) atoms. The van der Waals surface area contributed by atoms with Gasteiger partial charge in [0.25, 0.3) is 0 Å². The van der Waals surface area contributed by atoms with E-state index in [2.05, 4.69) is 27.7 Å². The van der Waals surface area contributed by atoms with E-state index < -0.39 is 0 Å². The SMILES string of the molecule is CCC(Cl)C(Cl)C(C)(C)C. The minimum Gasteiger partial charge on any atom is -0.121 e. The normalized spacial score (nSPS) is 18.6. The van der Waals surface area contributed by atoms with Crippen molar-refractivity contribution in [2.45, 2.75) is 44.9 Å². The topological polar surface area (TPSA) is 0 Å². The molecule has 0 aromatic rings. The van der Waals surface area contributed by atoms with Gasteiger partial charge >= 0.3 is 0 Å². The van der Waals surface area contributed by atoms with E-state index in [0.717, 1.165) is 6.42 Å². The Morgan fingerprint density at radius 2 is 1.60 bits per heavy atom. The van der Waals surface area contributed by atoms with Crippen molar-refractivity contribution in [1.29, 1.82) is 0 Å². The molecule has 0 spiro atoms. The highest BCUT2D eigenvalue weighted by Gasteiger charge is 2.27. The van der Waals surface area contributed by atoms with Crippen LogP contribution >= 0.6 is 23.2 Å². The molecule has 2 atom stereocenters. The van der Waals surface area contributed by atoms with E-state index in [1.165, 1.54) is 0 Å². The lowest BCUT2D eigenvalue weighted by Crippen LogP contribution is -2.29. The van der Waals surface area contributed by atoms with Crippen LogP contribution in [-0.4, -0.2) is 10.8 Å². The van der Waals surface area contributed by atoms with E-state index in [0.29, 0.717) is 0 Å². The maximum absolute atomic E-state index is 6.08. The lowest BCUT2D eigenvalue weighted by Gasteiger charge is -2.28. The van der Waals surface area contributed by atoms with Gasteiger partial charge in [-0.15, -0.1) is 23.2 Å². The van der Waals surface area contributed by atoms with Crippen LogP contribution in [0.2, 0.25) is 0 Å². The molecule has 0 radical (unpaired) electrons. The molecule has 0 amide bonds. The lowest BCUT2D eigenvalue weighted by atomic mass is 9.89. The first-order valence-electron chi connectivity index (χ1n) is 3.67. The molecule has 0 bridgehead atoms. The number of hydrogen-bond donors (Lipinski definition) is 0. The molecule has 0 nitrogen and oxygen atoms in total. The van der Waals surface area contributed by atoms with Crippen molar-refractivity contribution in [3.05, 3.63) is 0 Å². The van der Waals surface area contributed by atoms with Crippen LogP contribution in [0.3, 0.4) is 0 Å². The minimum absolute atomic E-state index is 0.0687. The second-order valence-electron chi connectivity index (χ2n) is 3.69. The first kappa shape index (κ1) is 10.6. The summed E-state index contributed by atoms with van der Waals surface area (Å²) in [7, 11) is 0. The second-order valence-corrected chi connectivity index (χ2v) is 4.72. The summed E-state index contributed by atoms with van der Waals surface area (Å²) in [6.45, 7) is 8.37. The molecular weight excluding hydrogens is 167 g/mol. The lowest BCUT2D eigenvalue weighted by molar-refractivity contribution is 0.375. The van der Waals surface area contributed by atoms with Crippen LogP contribution in [0.4, 0.5) is 0 Å². The summed E-state index contributed by atoms with van der Waals surface area (Å²) >= 11 is 12.0. The maximum atomic E-state index is 6.08. The fourth-order valence-corrected chi connectivity index (χ4v) is 1.31. The van der Waals surface area contributed by atoms with Crippen LogP contribution in [0.15, 0.2) is 0 Å². The third-order valence-corrected chi connectivity index (χ3v) is 3.18. The van der Waals surface area contributed by atoms with Crippen LogP contribution < -0.4 is 0 Å². The molecule has 2 unspecified atom stereocenters. The highest BCUT2D eigenvalue weighted by Crippen LogP contribution is 2.30. The summed E-state index contributed by atoms with van der Waals surface area (Å²) in [5.74, 6) is 0. The molecule has 0 aliphatic heterocycles. The second kappa shape index (κ2) is 3.82. The highest BCUT2D eigenvalue weighted by atomic mass is 35.5. The zero-order valence-electron chi connectivity index (χ0n) is 7.12. The average Bonchev–Trinajstić information content (AvgIpc) is 1.83. The first-order chi connectivity index (χ1) is 4.39. The molecule has 0 rings (SSSR count). The van der Waals surface area contributed by atoms with Gasteiger partial charge in [-0.3, -0.25) is 0 Å². The molecule has 0 heterocycles. The van der Waals surface area contributed by atoms with Crippen molar-refractivity contribution in [2.75, 3.05) is 0 Å². The van der Waals surface area contributed by atoms with Gasteiger partial charge in [-0.1, -0.05) is 27.7 Å². The van der Waals surface area contributed by atoms with Gasteiger partial charge in [0.1, 0.15) is 0 Å². The summed E-state index contributed by atoms with van der Waals surface area (Å²) in [6, 6.07) is 0. The number of halogens is 2. The van der Waals surface area contributed by atoms with Gasteiger partial charge in [-0.2, -0.15) is 0 Å². The largest absolute Gasteiger partial charge is 0.121 e. The van der Waals surface area contributed by atoms with Crippen LogP contribution in [0.1, 0.15) is 34.1 Å². The van der Waals surface area contributed by atoms with Gasteiger partial charge in [0, 0.05) is 0 Å². The minimum atomic E-state index is 0.0687. The monoisotopic (exact) mass is 182 g/mol. The predicted octanol–water partition coefficient (Wildman–Crippen LogP) is 3.66. The van der Waals surface area contributed by atoms with Gasteiger partial charge in [0.2, 0.25) is 0 Å². The van der Waals surface area contributed by atoms with Gasteiger partial charge in [0.15, 0.2) is 0 Å². The zero-order valence-corrected chi connectivity index (χ0v) is 8.63. The molecular formula is C8H16Cl2. The smallest absolute Gasteiger partial charge is 0.0547 e. The fourth-order valence-electron chi connectivity index (χ4n) is 0.749. The fraction of sp³-hybridized carbons (Fsp3) is 1.00. The van der Waals surface area contributed by atoms with Crippen molar-refractivity contribution >= 4 is 23.2 Å². The van der Waals surface area contributed by atoms with Crippen LogP contribution in [0, 0.1) is 5.41 Å². The van der Waals surface area contributed by atoms with E-state index in [1.807, 2.05) is 0 Å². The molecule has 0 saturated heterocycles. The molecule has 0 aromatic carbocycles. The summed E-state index contributed by atoms with van der Waals surface area (Å²) in [5.41, 5.74) is 0.115. The third kappa shape index (κ3) is 3.12. The Balaban J connectivity index is 3.94. The highest BCUT2D eigenvalue weighted by molar-refractivity contribution is 6.30.